The third-order valence-corrected chi connectivity index (χ3v) is 3.73. The maximum absolute atomic E-state index is 6.12. The minimum Gasteiger partial charge on any atom is -0.369 e. The summed E-state index contributed by atoms with van der Waals surface area (Å²) in [4.78, 5) is 0. The lowest BCUT2D eigenvalue weighted by Gasteiger charge is -2.31. The van der Waals surface area contributed by atoms with Gasteiger partial charge in [0.05, 0.1) is 11.2 Å². The first-order chi connectivity index (χ1) is 6.41. The van der Waals surface area contributed by atoms with Gasteiger partial charge in [0.1, 0.15) is 0 Å². The van der Waals surface area contributed by atoms with Gasteiger partial charge < -0.3 is 10.1 Å². The van der Waals surface area contributed by atoms with Crippen LogP contribution in [0.3, 0.4) is 0 Å². The van der Waals surface area contributed by atoms with Gasteiger partial charge in [-0.2, -0.15) is 0 Å². The van der Waals surface area contributed by atoms with Gasteiger partial charge in [-0.15, -0.1) is 0 Å². The molecule has 1 N–H and O–H groups in total. The van der Waals surface area contributed by atoms with Crippen LogP contribution in [0.1, 0.15) is 47.0 Å². The standard InChI is InChI=1S/C12H23NO/c1-11(2)8-9(12(3,4)14-11)10-6-5-7-13-10/h9-10,13H,5-8H2,1-4H3. The van der Waals surface area contributed by atoms with Gasteiger partial charge in [0.25, 0.3) is 0 Å². The number of rotatable bonds is 1. The van der Waals surface area contributed by atoms with E-state index in [4.69, 9.17) is 4.74 Å². The maximum Gasteiger partial charge on any atom is 0.0677 e. The molecule has 0 aromatic rings. The lowest BCUT2D eigenvalue weighted by molar-refractivity contribution is -0.0771. The SMILES string of the molecule is CC1(C)CC(C2CCCN2)C(C)(C)O1. The van der Waals surface area contributed by atoms with Crippen molar-refractivity contribution < 1.29 is 4.74 Å². The molecule has 2 saturated heterocycles. The van der Waals surface area contributed by atoms with E-state index < -0.39 is 0 Å². The van der Waals surface area contributed by atoms with E-state index in [0.717, 1.165) is 0 Å². The molecular formula is C12H23NO. The van der Waals surface area contributed by atoms with E-state index in [2.05, 4.69) is 33.0 Å². The zero-order valence-electron chi connectivity index (χ0n) is 9.89. The maximum atomic E-state index is 6.12. The Labute approximate surface area is 87.4 Å². The summed E-state index contributed by atoms with van der Waals surface area (Å²) in [6.07, 6.45) is 3.85. The second kappa shape index (κ2) is 3.21. The molecule has 0 aromatic heterocycles. The number of nitrogens with one attached hydrogen (secondary N) is 1. The van der Waals surface area contributed by atoms with Crippen LogP contribution in [0.25, 0.3) is 0 Å². The predicted molar refractivity (Wildman–Crippen MR) is 58.4 cm³/mol. The summed E-state index contributed by atoms with van der Waals surface area (Å²) in [5.41, 5.74) is 0.115. The van der Waals surface area contributed by atoms with E-state index in [-0.39, 0.29) is 11.2 Å². The summed E-state index contributed by atoms with van der Waals surface area (Å²) in [7, 11) is 0. The first-order valence-corrected chi connectivity index (χ1v) is 5.84. The van der Waals surface area contributed by atoms with Gasteiger partial charge in [-0.3, -0.25) is 0 Å². The van der Waals surface area contributed by atoms with Gasteiger partial charge in [0, 0.05) is 12.0 Å². The highest BCUT2D eigenvalue weighted by Crippen LogP contribution is 2.44. The van der Waals surface area contributed by atoms with Crippen LogP contribution in [-0.4, -0.2) is 23.8 Å². The molecule has 2 nitrogen and oxygen atoms in total. The Morgan fingerprint density at radius 1 is 1.21 bits per heavy atom. The van der Waals surface area contributed by atoms with Crippen molar-refractivity contribution in [3.8, 4) is 0 Å². The molecule has 2 aliphatic rings. The smallest absolute Gasteiger partial charge is 0.0677 e. The average molecular weight is 197 g/mol. The quantitative estimate of drug-likeness (QED) is 0.696. The van der Waals surface area contributed by atoms with Gasteiger partial charge >= 0.3 is 0 Å². The normalized spacial score (nSPS) is 40.3. The van der Waals surface area contributed by atoms with Crippen molar-refractivity contribution in [2.75, 3.05) is 6.54 Å². The molecule has 0 radical (unpaired) electrons. The minimum absolute atomic E-state index is 0.0471. The van der Waals surface area contributed by atoms with E-state index in [1.165, 1.54) is 25.8 Å². The fourth-order valence-electron chi connectivity index (χ4n) is 3.29. The molecule has 0 saturated carbocycles. The van der Waals surface area contributed by atoms with Crippen LogP contribution in [0.2, 0.25) is 0 Å². The Morgan fingerprint density at radius 3 is 2.36 bits per heavy atom. The molecule has 14 heavy (non-hydrogen) atoms. The summed E-state index contributed by atoms with van der Waals surface area (Å²) in [6, 6.07) is 0.687. The van der Waals surface area contributed by atoms with Gasteiger partial charge in [-0.05, 0) is 53.5 Å². The molecule has 0 amide bonds. The lowest BCUT2D eigenvalue weighted by atomic mass is 9.81. The van der Waals surface area contributed by atoms with E-state index in [1.807, 2.05) is 0 Å². The third-order valence-electron chi connectivity index (χ3n) is 3.73. The van der Waals surface area contributed by atoms with Crippen LogP contribution in [0.5, 0.6) is 0 Å². The molecule has 2 heterocycles. The Hall–Kier alpha value is -0.0800. The number of ether oxygens (including phenoxy) is 1. The highest BCUT2D eigenvalue weighted by atomic mass is 16.5. The van der Waals surface area contributed by atoms with Crippen LogP contribution in [0.4, 0.5) is 0 Å². The molecule has 2 fully saturated rings. The molecule has 2 unspecified atom stereocenters. The van der Waals surface area contributed by atoms with E-state index >= 15 is 0 Å². The fourth-order valence-corrected chi connectivity index (χ4v) is 3.29. The fraction of sp³-hybridized carbons (Fsp3) is 1.00. The highest BCUT2D eigenvalue weighted by Gasteiger charge is 2.49. The molecule has 2 heteroatoms. The Balaban J connectivity index is 2.11. The summed E-state index contributed by atoms with van der Waals surface area (Å²) < 4.78 is 6.12. The van der Waals surface area contributed by atoms with Crippen LogP contribution < -0.4 is 5.32 Å². The van der Waals surface area contributed by atoms with Crippen molar-refractivity contribution in [2.24, 2.45) is 5.92 Å². The number of hydrogen-bond donors (Lipinski definition) is 1. The first kappa shape index (κ1) is 10.4. The number of hydrogen-bond acceptors (Lipinski definition) is 2. The van der Waals surface area contributed by atoms with E-state index in [0.29, 0.717) is 12.0 Å². The van der Waals surface area contributed by atoms with Crippen molar-refractivity contribution in [1.29, 1.82) is 0 Å². The Kier molecular flexibility index (Phi) is 2.39. The zero-order chi connectivity index (χ0) is 10.4. The van der Waals surface area contributed by atoms with Gasteiger partial charge in [0.2, 0.25) is 0 Å². The second-order valence-electron chi connectivity index (χ2n) is 5.98. The van der Waals surface area contributed by atoms with Crippen molar-refractivity contribution in [1.82, 2.24) is 5.32 Å². The predicted octanol–water partition coefficient (Wildman–Crippen LogP) is 2.33. The molecule has 0 aliphatic carbocycles. The monoisotopic (exact) mass is 197 g/mol. The first-order valence-electron chi connectivity index (χ1n) is 5.84. The largest absolute Gasteiger partial charge is 0.369 e. The van der Waals surface area contributed by atoms with Gasteiger partial charge in [0.15, 0.2) is 0 Å². The molecule has 2 rings (SSSR count). The molecule has 0 aromatic carbocycles. The summed E-state index contributed by atoms with van der Waals surface area (Å²) in [5, 5.41) is 3.61. The van der Waals surface area contributed by atoms with E-state index in [9.17, 15) is 0 Å². The van der Waals surface area contributed by atoms with Crippen LogP contribution in [-0.2, 0) is 4.74 Å². The molecule has 2 atom stereocenters. The van der Waals surface area contributed by atoms with Gasteiger partial charge in [-0.25, -0.2) is 0 Å². The minimum atomic E-state index is 0.0471. The third kappa shape index (κ3) is 1.82. The topological polar surface area (TPSA) is 21.3 Å². The molecular weight excluding hydrogens is 174 g/mol. The van der Waals surface area contributed by atoms with E-state index in [1.54, 1.807) is 0 Å². The van der Waals surface area contributed by atoms with Gasteiger partial charge in [-0.1, -0.05) is 0 Å². The van der Waals surface area contributed by atoms with Crippen LogP contribution in [0.15, 0.2) is 0 Å². The van der Waals surface area contributed by atoms with Crippen molar-refractivity contribution >= 4 is 0 Å². The van der Waals surface area contributed by atoms with Crippen molar-refractivity contribution in [3.05, 3.63) is 0 Å². The summed E-state index contributed by atoms with van der Waals surface area (Å²) in [5.74, 6) is 0.681. The van der Waals surface area contributed by atoms with Crippen LogP contribution in [0, 0.1) is 5.92 Å². The molecule has 2 aliphatic heterocycles. The van der Waals surface area contributed by atoms with Crippen LogP contribution >= 0.6 is 0 Å². The van der Waals surface area contributed by atoms with Crippen molar-refractivity contribution in [3.63, 3.8) is 0 Å². The summed E-state index contributed by atoms with van der Waals surface area (Å²) >= 11 is 0. The Morgan fingerprint density at radius 2 is 1.93 bits per heavy atom. The zero-order valence-corrected chi connectivity index (χ0v) is 9.89. The summed E-state index contributed by atoms with van der Waals surface area (Å²) in [6.45, 7) is 10.1. The van der Waals surface area contributed by atoms with Crippen molar-refractivity contribution in [2.45, 2.75) is 64.2 Å². The molecule has 0 spiro atoms. The lowest BCUT2D eigenvalue weighted by Crippen LogP contribution is -2.40. The average Bonchev–Trinajstić information content (AvgIpc) is 2.54. The molecule has 0 bridgehead atoms. The highest BCUT2D eigenvalue weighted by molar-refractivity contribution is 5.00. The Bertz CT molecular complexity index is 216. The second-order valence-corrected chi connectivity index (χ2v) is 5.98. The molecule has 82 valence electrons.